The molecule has 0 radical (unpaired) electrons. The lowest BCUT2D eigenvalue weighted by atomic mass is 9.95. The Morgan fingerprint density at radius 2 is 1.83 bits per heavy atom. The maximum atomic E-state index is 13.4. The van der Waals surface area contributed by atoms with E-state index in [9.17, 15) is 31.1 Å². The van der Waals surface area contributed by atoms with Crippen molar-refractivity contribution in [2.45, 2.75) is 32.1 Å². The fraction of sp³-hybridized carbons (Fsp3) is 0.333. The van der Waals surface area contributed by atoms with Gasteiger partial charge in [-0.3, -0.25) is 9.78 Å². The standard InChI is InChI=1S/C15H10F6N2O/c1-6-11(15(19,20)21)13-9(4-10(24)23-13)8-3-2-7(22-12(6)8)5-14(16,17)18/h2-3H,4-5H2,1H3,(H,23,24). The topological polar surface area (TPSA) is 42.0 Å². The average molecular weight is 348 g/mol. The van der Waals surface area contributed by atoms with E-state index < -0.39 is 30.2 Å². The number of halogens is 6. The minimum Gasteiger partial charge on any atom is -0.325 e. The van der Waals surface area contributed by atoms with E-state index in [0.717, 1.165) is 13.0 Å². The summed E-state index contributed by atoms with van der Waals surface area (Å²) in [6.07, 6.45) is -10.9. The maximum Gasteiger partial charge on any atom is 0.418 e. The Kier molecular flexibility index (Phi) is 3.50. The molecule has 128 valence electrons. The predicted molar refractivity (Wildman–Crippen MR) is 73.6 cm³/mol. The molecule has 1 amide bonds. The number of pyridine rings is 1. The first kappa shape index (κ1) is 16.5. The van der Waals surface area contributed by atoms with Gasteiger partial charge in [0.15, 0.2) is 0 Å². The summed E-state index contributed by atoms with van der Waals surface area (Å²) >= 11 is 0. The number of nitrogens with one attached hydrogen (secondary N) is 1. The molecule has 0 aliphatic carbocycles. The first-order valence-corrected chi connectivity index (χ1v) is 6.86. The van der Waals surface area contributed by atoms with Crippen LogP contribution in [-0.4, -0.2) is 17.1 Å². The molecule has 1 aliphatic rings. The van der Waals surface area contributed by atoms with Gasteiger partial charge in [0.1, 0.15) is 0 Å². The van der Waals surface area contributed by atoms with Gasteiger partial charge in [-0.05, 0) is 24.1 Å². The van der Waals surface area contributed by atoms with Crippen LogP contribution in [0.1, 0.15) is 22.4 Å². The second-order valence-corrected chi connectivity index (χ2v) is 5.57. The van der Waals surface area contributed by atoms with Gasteiger partial charge in [-0.15, -0.1) is 0 Å². The number of nitrogens with zero attached hydrogens (tertiary/aromatic N) is 1. The van der Waals surface area contributed by atoms with Gasteiger partial charge in [-0.25, -0.2) is 0 Å². The highest BCUT2D eigenvalue weighted by molar-refractivity contribution is 6.07. The van der Waals surface area contributed by atoms with Crippen molar-refractivity contribution in [1.29, 1.82) is 0 Å². The molecule has 1 N–H and O–H groups in total. The normalized spacial score (nSPS) is 14.9. The zero-order valence-corrected chi connectivity index (χ0v) is 12.2. The SMILES string of the molecule is Cc1c(C(F)(F)F)c2c(c3ccc(CC(F)(F)F)nc13)CC(=O)N2. The summed E-state index contributed by atoms with van der Waals surface area (Å²) in [5.41, 5.74) is -2.13. The summed E-state index contributed by atoms with van der Waals surface area (Å²) in [7, 11) is 0. The second-order valence-electron chi connectivity index (χ2n) is 5.57. The van der Waals surface area contributed by atoms with E-state index >= 15 is 0 Å². The van der Waals surface area contributed by atoms with Crippen LogP contribution in [0.25, 0.3) is 10.9 Å². The molecule has 24 heavy (non-hydrogen) atoms. The van der Waals surface area contributed by atoms with E-state index in [2.05, 4.69) is 10.3 Å². The molecule has 2 heterocycles. The minimum atomic E-state index is -4.76. The van der Waals surface area contributed by atoms with Crippen molar-refractivity contribution < 1.29 is 31.1 Å². The summed E-state index contributed by atoms with van der Waals surface area (Å²) in [6, 6.07) is 2.40. The van der Waals surface area contributed by atoms with E-state index in [1.165, 1.54) is 6.07 Å². The van der Waals surface area contributed by atoms with E-state index in [1.807, 2.05) is 0 Å². The number of hydrogen-bond donors (Lipinski definition) is 1. The number of aromatic nitrogens is 1. The molecule has 0 saturated heterocycles. The van der Waals surface area contributed by atoms with Gasteiger partial charge in [0.2, 0.25) is 5.91 Å². The number of fused-ring (bicyclic) bond motifs is 3. The van der Waals surface area contributed by atoms with Crippen molar-refractivity contribution in [2.24, 2.45) is 0 Å². The lowest BCUT2D eigenvalue weighted by molar-refractivity contribution is -0.137. The Morgan fingerprint density at radius 3 is 2.42 bits per heavy atom. The summed E-state index contributed by atoms with van der Waals surface area (Å²) < 4.78 is 77.6. The van der Waals surface area contributed by atoms with Crippen molar-refractivity contribution in [2.75, 3.05) is 5.32 Å². The zero-order chi connectivity index (χ0) is 17.9. The Bertz CT molecular complexity index is 854. The van der Waals surface area contributed by atoms with E-state index in [4.69, 9.17) is 0 Å². The molecule has 0 fully saturated rings. The van der Waals surface area contributed by atoms with Gasteiger partial charge in [0, 0.05) is 5.39 Å². The van der Waals surface area contributed by atoms with Crippen molar-refractivity contribution in [3.8, 4) is 0 Å². The van der Waals surface area contributed by atoms with Gasteiger partial charge in [-0.2, -0.15) is 26.3 Å². The molecule has 0 saturated carbocycles. The molecule has 9 heteroatoms. The summed E-state index contributed by atoms with van der Waals surface area (Å²) in [4.78, 5) is 15.3. The maximum absolute atomic E-state index is 13.4. The van der Waals surface area contributed by atoms with Gasteiger partial charge in [-0.1, -0.05) is 6.07 Å². The van der Waals surface area contributed by atoms with Crippen molar-refractivity contribution in [1.82, 2.24) is 4.98 Å². The van der Waals surface area contributed by atoms with Crippen molar-refractivity contribution in [3.63, 3.8) is 0 Å². The quantitative estimate of drug-likeness (QED) is 0.787. The highest BCUT2D eigenvalue weighted by Gasteiger charge is 2.40. The number of carbonyl (C=O) groups is 1. The molecule has 1 aromatic heterocycles. The molecule has 1 aromatic carbocycles. The number of anilines is 1. The Balaban J connectivity index is 2.31. The molecule has 1 aliphatic heterocycles. The highest BCUT2D eigenvalue weighted by atomic mass is 19.4. The second kappa shape index (κ2) is 5.09. The Morgan fingerprint density at radius 1 is 1.17 bits per heavy atom. The third-order valence-corrected chi connectivity index (χ3v) is 3.83. The van der Waals surface area contributed by atoms with Crippen molar-refractivity contribution in [3.05, 3.63) is 34.5 Å². The first-order valence-electron chi connectivity index (χ1n) is 6.86. The fourth-order valence-electron chi connectivity index (χ4n) is 2.94. The lowest BCUT2D eigenvalue weighted by Gasteiger charge is -2.18. The number of rotatable bonds is 1. The molecule has 3 nitrogen and oxygen atoms in total. The number of carbonyl (C=O) groups excluding carboxylic acids is 1. The molecule has 0 atom stereocenters. The van der Waals surface area contributed by atoms with Crippen LogP contribution < -0.4 is 5.32 Å². The molecule has 0 spiro atoms. The zero-order valence-electron chi connectivity index (χ0n) is 12.2. The van der Waals surface area contributed by atoms with Crippen LogP contribution in [0.2, 0.25) is 0 Å². The number of aryl methyl sites for hydroxylation is 1. The monoisotopic (exact) mass is 348 g/mol. The van der Waals surface area contributed by atoms with Crippen LogP contribution in [0.4, 0.5) is 32.0 Å². The van der Waals surface area contributed by atoms with Crippen LogP contribution in [0, 0.1) is 6.92 Å². The minimum absolute atomic E-state index is 0.110. The van der Waals surface area contributed by atoms with Crippen LogP contribution in [-0.2, 0) is 23.8 Å². The molecule has 2 aromatic rings. The number of amides is 1. The first-order chi connectivity index (χ1) is 11.0. The van der Waals surface area contributed by atoms with Gasteiger partial charge < -0.3 is 5.32 Å². The highest BCUT2D eigenvalue weighted by Crippen LogP contribution is 2.45. The fourth-order valence-corrected chi connectivity index (χ4v) is 2.94. The van der Waals surface area contributed by atoms with Crippen LogP contribution in [0.3, 0.4) is 0 Å². The molecule has 3 rings (SSSR count). The number of alkyl halides is 6. The smallest absolute Gasteiger partial charge is 0.325 e. The largest absolute Gasteiger partial charge is 0.418 e. The third-order valence-electron chi connectivity index (χ3n) is 3.83. The predicted octanol–water partition coefficient (Wildman–Crippen LogP) is 4.16. The summed E-state index contributed by atoms with van der Waals surface area (Å²) in [6.45, 7) is 1.14. The van der Waals surface area contributed by atoms with Crippen LogP contribution in [0.15, 0.2) is 12.1 Å². The molecular weight excluding hydrogens is 338 g/mol. The van der Waals surface area contributed by atoms with Gasteiger partial charge in [0.25, 0.3) is 0 Å². The summed E-state index contributed by atoms with van der Waals surface area (Å²) in [5.74, 6) is -0.596. The van der Waals surface area contributed by atoms with Crippen LogP contribution in [0.5, 0.6) is 0 Å². The van der Waals surface area contributed by atoms with Gasteiger partial charge in [0.05, 0.1) is 35.3 Å². The van der Waals surface area contributed by atoms with E-state index in [-0.39, 0.29) is 39.8 Å². The van der Waals surface area contributed by atoms with E-state index in [0.29, 0.717) is 0 Å². The molecular formula is C15H10F6N2O. The lowest BCUT2D eigenvalue weighted by Crippen LogP contribution is -2.15. The third kappa shape index (κ3) is 2.78. The van der Waals surface area contributed by atoms with Crippen molar-refractivity contribution >= 4 is 22.5 Å². The number of hydrogen-bond acceptors (Lipinski definition) is 2. The van der Waals surface area contributed by atoms with Crippen LogP contribution >= 0.6 is 0 Å². The summed E-state index contributed by atoms with van der Waals surface area (Å²) in [5, 5.41) is 2.44. The molecule has 0 unspecified atom stereocenters. The number of benzene rings is 1. The average Bonchev–Trinajstić information content (AvgIpc) is 2.76. The molecule has 0 bridgehead atoms. The Labute approximate surface area is 131 Å². The Hall–Kier alpha value is -2.32. The van der Waals surface area contributed by atoms with E-state index in [1.54, 1.807) is 0 Å². The van der Waals surface area contributed by atoms with Gasteiger partial charge >= 0.3 is 12.4 Å².